The molecule has 0 bridgehead atoms. The molecule has 2 fully saturated rings. The summed E-state index contributed by atoms with van der Waals surface area (Å²) in [4.78, 5) is 15.7. The summed E-state index contributed by atoms with van der Waals surface area (Å²) in [5.74, 6) is 1.53. The van der Waals surface area contributed by atoms with Crippen molar-refractivity contribution in [1.29, 1.82) is 0 Å². The van der Waals surface area contributed by atoms with E-state index in [0.717, 1.165) is 68.8 Å². The SMILES string of the molecule is COCCOc1nn([C@H]2CC[C@H](N3CCOCC3)CC2)cc1Nc1ncc(-c2ccc(Cl)c(O[C@@H](C)Cn3cncn3)c2)cn1. The van der Waals surface area contributed by atoms with Crippen LogP contribution in [0.4, 0.5) is 11.6 Å². The second-order valence-electron chi connectivity index (χ2n) is 11.4. The number of halogens is 1. The van der Waals surface area contributed by atoms with Crippen molar-refractivity contribution in [2.75, 3.05) is 51.9 Å². The Kier molecular flexibility index (Phi) is 10.4. The maximum absolute atomic E-state index is 6.45. The van der Waals surface area contributed by atoms with Crippen molar-refractivity contribution in [2.45, 2.75) is 57.3 Å². The zero-order valence-electron chi connectivity index (χ0n) is 25.7. The van der Waals surface area contributed by atoms with Gasteiger partial charge in [0.2, 0.25) is 5.95 Å². The molecule has 3 aromatic heterocycles. The van der Waals surface area contributed by atoms with Gasteiger partial charge in [0.05, 0.1) is 43.6 Å². The zero-order valence-corrected chi connectivity index (χ0v) is 26.5. The molecule has 1 atom stereocenters. The summed E-state index contributed by atoms with van der Waals surface area (Å²) in [6.07, 6.45) is 13.0. The second-order valence-corrected chi connectivity index (χ2v) is 11.8. The lowest BCUT2D eigenvalue weighted by atomic mass is 9.90. The molecule has 0 spiro atoms. The number of benzene rings is 1. The molecule has 1 saturated heterocycles. The molecule has 0 radical (unpaired) electrons. The van der Waals surface area contributed by atoms with Gasteiger partial charge < -0.3 is 24.3 Å². The monoisotopic (exact) mass is 637 g/mol. The first-order valence-corrected chi connectivity index (χ1v) is 15.8. The molecule has 4 aromatic rings. The molecule has 240 valence electrons. The van der Waals surface area contributed by atoms with Gasteiger partial charge in [-0.3, -0.25) is 9.58 Å². The van der Waals surface area contributed by atoms with Crippen molar-refractivity contribution in [3.05, 3.63) is 54.5 Å². The van der Waals surface area contributed by atoms with Gasteiger partial charge >= 0.3 is 0 Å². The van der Waals surface area contributed by atoms with E-state index >= 15 is 0 Å². The molecular weight excluding hydrogens is 598 g/mol. The normalized spacial score (nSPS) is 19.7. The van der Waals surface area contributed by atoms with Crippen LogP contribution in [0.15, 0.2) is 49.4 Å². The number of methoxy groups -OCH3 is 1. The highest BCUT2D eigenvalue weighted by Crippen LogP contribution is 2.35. The minimum atomic E-state index is -0.164. The van der Waals surface area contributed by atoms with E-state index < -0.39 is 0 Å². The van der Waals surface area contributed by atoms with E-state index in [1.165, 1.54) is 6.33 Å². The number of nitrogens with zero attached hydrogens (tertiary/aromatic N) is 8. The third kappa shape index (κ3) is 8.09. The Morgan fingerprint density at radius 1 is 1.04 bits per heavy atom. The van der Waals surface area contributed by atoms with E-state index in [0.29, 0.717) is 54.4 Å². The summed E-state index contributed by atoms with van der Waals surface area (Å²) in [6, 6.07) is 6.56. The van der Waals surface area contributed by atoms with Crippen LogP contribution in [0, 0.1) is 0 Å². The quantitative estimate of drug-likeness (QED) is 0.206. The Bertz CT molecular complexity index is 1490. The van der Waals surface area contributed by atoms with Crippen LogP contribution in [0.2, 0.25) is 5.02 Å². The molecule has 13 nitrogen and oxygen atoms in total. The van der Waals surface area contributed by atoms with Crippen LogP contribution in [-0.4, -0.2) is 98.2 Å². The van der Waals surface area contributed by atoms with Gasteiger partial charge in [-0.05, 0) is 50.3 Å². The lowest BCUT2D eigenvalue weighted by Crippen LogP contribution is -2.45. The molecular formula is C31H40ClN9O4. The van der Waals surface area contributed by atoms with Crippen molar-refractivity contribution in [2.24, 2.45) is 0 Å². The van der Waals surface area contributed by atoms with Gasteiger partial charge in [-0.15, -0.1) is 5.10 Å². The third-order valence-corrected chi connectivity index (χ3v) is 8.54. The molecule has 14 heteroatoms. The zero-order chi connectivity index (χ0) is 31.0. The maximum Gasteiger partial charge on any atom is 0.257 e. The largest absolute Gasteiger partial charge is 0.487 e. The Balaban J connectivity index is 1.11. The van der Waals surface area contributed by atoms with Gasteiger partial charge in [0, 0.05) is 44.2 Å². The van der Waals surface area contributed by atoms with Crippen molar-refractivity contribution in [3.8, 4) is 22.8 Å². The summed E-state index contributed by atoms with van der Waals surface area (Å²) in [7, 11) is 1.65. The number of nitrogens with one attached hydrogen (secondary N) is 1. The molecule has 1 saturated carbocycles. The van der Waals surface area contributed by atoms with Gasteiger partial charge in [0.1, 0.15) is 36.8 Å². The second kappa shape index (κ2) is 15.0. The minimum absolute atomic E-state index is 0.164. The number of ether oxygens (including phenoxy) is 4. The number of aromatic nitrogens is 7. The Labute approximate surface area is 267 Å². The van der Waals surface area contributed by atoms with Crippen LogP contribution in [0.25, 0.3) is 11.1 Å². The highest BCUT2D eigenvalue weighted by atomic mass is 35.5. The van der Waals surface area contributed by atoms with E-state index in [-0.39, 0.29) is 6.10 Å². The predicted octanol–water partition coefficient (Wildman–Crippen LogP) is 4.64. The summed E-state index contributed by atoms with van der Waals surface area (Å²) in [5.41, 5.74) is 2.44. The summed E-state index contributed by atoms with van der Waals surface area (Å²) < 4.78 is 26.6. The van der Waals surface area contributed by atoms with E-state index in [1.54, 1.807) is 30.5 Å². The lowest BCUT2D eigenvalue weighted by molar-refractivity contribution is 0.00502. The molecule has 2 aliphatic rings. The molecule has 1 aliphatic heterocycles. The number of hydrogen-bond acceptors (Lipinski definition) is 11. The van der Waals surface area contributed by atoms with E-state index in [1.807, 2.05) is 36.0 Å². The van der Waals surface area contributed by atoms with Crippen LogP contribution in [-0.2, 0) is 16.0 Å². The van der Waals surface area contributed by atoms with Crippen LogP contribution < -0.4 is 14.8 Å². The van der Waals surface area contributed by atoms with Crippen LogP contribution in [0.5, 0.6) is 11.6 Å². The highest BCUT2D eigenvalue weighted by molar-refractivity contribution is 6.32. The number of anilines is 2. The smallest absolute Gasteiger partial charge is 0.257 e. The summed E-state index contributed by atoms with van der Waals surface area (Å²) in [6.45, 7) is 7.09. The Hall–Kier alpha value is -3.78. The number of morpholine rings is 1. The first-order valence-electron chi connectivity index (χ1n) is 15.5. The fraction of sp³-hybridized carbons (Fsp3) is 0.516. The molecule has 4 heterocycles. The van der Waals surface area contributed by atoms with Gasteiger partial charge in [-0.1, -0.05) is 17.7 Å². The standard InChI is InChI=1S/C31H40ClN9O4/c1-22(18-40-21-33-20-36-40)45-29-15-23(3-8-27(29)32)24-16-34-31(35-17-24)37-28-19-41(38-30(28)44-14-13-42-2)26-6-4-25(5-7-26)39-9-11-43-12-10-39/h3,8,15-17,19-22,25-26H,4-7,9-14,18H2,1-2H3,(H,34,35,37)/t22-,25-,26-/m0/s1. The minimum Gasteiger partial charge on any atom is -0.487 e. The van der Waals surface area contributed by atoms with Crippen molar-refractivity contribution < 1.29 is 18.9 Å². The predicted molar refractivity (Wildman–Crippen MR) is 169 cm³/mol. The number of hydrogen-bond donors (Lipinski definition) is 1. The fourth-order valence-electron chi connectivity index (χ4n) is 5.89. The first kappa shape index (κ1) is 31.2. The van der Waals surface area contributed by atoms with Crippen LogP contribution in [0.3, 0.4) is 0 Å². The average molecular weight is 638 g/mol. The summed E-state index contributed by atoms with van der Waals surface area (Å²) in [5, 5.41) is 12.8. The lowest BCUT2D eigenvalue weighted by Gasteiger charge is -2.38. The van der Waals surface area contributed by atoms with Gasteiger partial charge in [0.25, 0.3) is 5.88 Å². The maximum atomic E-state index is 6.45. The summed E-state index contributed by atoms with van der Waals surface area (Å²) >= 11 is 6.45. The van der Waals surface area contributed by atoms with Crippen LogP contribution in [0.1, 0.15) is 38.6 Å². The molecule has 6 rings (SSSR count). The van der Waals surface area contributed by atoms with Crippen molar-refractivity contribution in [1.82, 2.24) is 39.4 Å². The van der Waals surface area contributed by atoms with Crippen molar-refractivity contribution in [3.63, 3.8) is 0 Å². The Morgan fingerprint density at radius 2 is 1.82 bits per heavy atom. The van der Waals surface area contributed by atoms with E-state index in [9.17, 15) is 0 Å². The topological polar surface area (TPSA) is 127 Å². The van der Waals surface area contributed by atoms with Crippen LogP contribution >= 0.6 is 11.6 Å². The average Bonchev–Trinajstić information content (AvgIpc) is 3.73. The van der Waals surface area contributed by atoms with Gasteiger partial charge in [0.15, 0.2) is 0 Å². The molecule has 1 aromatic carbocycles. The number of rotatable bonds is 13. The Morgan fingerprint density at radius 3 is 2.56 bits per heavy atom. The molecule has 1 N–H and O–H groups in total. The fourth-order valence-corrected chi connectivity index (χ4v) is 6.05. The van der Waals surface area contributed by atoms with Gasteiger partial charge in [-0.25, -0.2) is 19.6 Å². The highest BCUT2D eigenvalue weighted by Gasteiger charge is 2.29. The van der Waals surface area contributed by atoms with E-state index in [2.05, 4.69) is 30.3 Å². The van der Waals surface area contributed by atoms with E-state index in [4.69, 9.17) is 35.6 Å². The first-order chi connectivity index (χ1) is 22.1. The third-order valence-electron chi connectivity index (χ3n) is 8.23. The molecule has 0 unspecified atom stereocenters. The van der Waals surface area contributed by atoms with Crippen molar-refractivity contribution >= 4 is 23.2 Å². The molecule has 0 amide bonds. The molecule has 45 heavy (non-hydrogen) atoms. The van der Waals surface area contributed by atoms with Gasteiger partial charge in [-0.2, -0.15) is 5.10 Å². The molecule has 1 aliphatic carbocycles.